The van der Waals surface area contributed by atoms with Gasteiger partial charge in [-0.05, 0) is 66.3 Å². The molecule has 2 heterocycles. The number of hydrogen-bond acceptors (Lipinski definition) is 4. The highest BCUT2D eigenvalue weighted by molar-refractivity contribution is 5.78. The lowest BCUT2D eigenvalue weighted by molar-refractivity contribution is -0.132. The average Bonchev–Trinajstić information content (AvgIpc) is 2.63. The summed E-state index contributed by atoms with van der Waals surface area (Å²) in [6, 6.07) is 0. The first kappa shape index (κ1) is 17.7. The van der Waals surface area contributed by atoms with Gasteiger partial charge in [-0.25, -0.2) is 0 Å². The molecule has 0 aromatic carbocycles. The molecule has 1 atom stereocenters. The number of carbonyl (C=O) groups excluding carboxylic acids is 1. The Morgan fingerprint density at radius 3 is 2.50 bits per heavy atom. The van der Waals surface area contributed by atoms with Crippen LogP contribution in [0.2, 0.25) is 0 Å². The summed E-state index contributed by atoms with van der Waals surface area (Å²) >= 11 is 0. The van der Waals surface area contributed by atoms with E-state index in [9.17, 15) is 4.79 Å². The molecule has 0 bridgehead atoms. The van der Waals surface area contributed by atoms with Gasteiger partial charge in [-0.1, -0.05) is 0 Å². The molecule has 2 aliphatic heterocycles. The Bertz CT molecular complexity index is 385. The molecule has 0 aromatic heterocycles. The monoisotopic (exact) mass is 310 g/mol. The maximum atomic E-state index is 12.5. The molecule has 5 heteroatoms. The molecule has 2 rings (SSSR count). The molecule has 128 valence electrons. The van der Waals surface area contributed by atoms with Crippen LogP contribution < -0.4 is 0 Å². The second-order valence-electron chi connectivity index (χ2n) is 7.77. The van der Waals surface area contributed by atoms with Crippen LogP contribution in [-0.4, -0.2) is 98.0 Å². The van der Waals surface area contributed by atoms with Crippen LogP contribution >= 0.6 is 0 Å². The molecule has 2 saturated heterocycles. The van der Waals surface area contributed by atoms with Crippen molar-refractivity contribution in [3.05, 3.63) is 0 Å². The third kappa shape index (κ3) is 4.21. The second kappa shape index (κ2) is 7.28. The highest BCUT2D eigenvalue weighted by atomic mass is 16.2. The standard InChI is InChI=1S/C17H34N4O/c1-17(2)15(7-10-20(17)5)13-19(4)16(22)14-21-9-6-8-18(3)11-12-21/h15H,6-14H2,1-5H3/t15-/m1/s1. The van der Waals surface area contributed by atoms with Crippen molar-refractivity contribution in [1.29, 1.82) is 0 Å². The van der Waals surface area contributed by atoms with Gasteiger partial charge >= 0.3 is 0 Å². The maximum Gasteiger partial charge on any atom is 0.236 e. The van der Waals surface area contributed by atoms with Crippen LogP contribution in [0.1, 0.15) is 26.7 Å². The summed E-state index contributed by atoms with van der Waals surface area (Å²) in [5, 5.41) is 0. The molecule has 0 radical (unpaired) electrons. The van der Waals surface area contributed by atoms with Crippen molar-refractivity contribution >= 4 is 5.91 Å². The van der Waals surface area contributed by atoms with Crippen molar-refractivity contribution in [1.82, 2.24) is 19.6 Å². The fourth-order valence-electron chi connectivity index (χ4n) is 3.62. The maximum absolute atomic E-state index is 12.5. The van der Waals surface area contributed by atoms with E-state index in [1.54, 1.807) is 0 Å². The smallest absolute Gasteiger partial charge is 0.236 e. The van der Waals surface area contributed by atoms with E-state index in [0.717, 1.165) is 45.7 Å². The van der Waals surface area contributed by atoms with Crippen LogP contribution in [0.5, 0.6) is 0 Å². The van der Waals surface area contributed by atoms with Gasteiger partial charge in [0.25, 0.3) is 0 Å². The van der Waals surface area contributed by atoms with Gasteiger partial charge in [0.15, 0.2) is 0 Å². The minimum atomic E-state index is 0.194. The molecule has 2 aliphatic rings. The highest BCUT2D eigenvalue weighted by Crippen LogP contribution is 2.33. The van der Waals surface area contributed by atoms with Crippen LogP contribution in [0.3, 0.4) is 0 Å². The molecule has 0 saturated carbocycles. The first-order chi connectivity index (χ1) is 10.3. The van der Waals surface area contributed by atoms with Gasteiger partial charge in [0, 0.05) is 32.2 Å². The molecule has 0 unspecified atom stereocenters. The fraction of sp³-hybridized carbons (Fsp3) is 0.941. The van der Waals surface area contributed by atoms with Gasteiger partial charge in [-0.3, -0.25) is 9.69 Å². The Kier molecular flexibility index (Phi) is 5.86. The van der Waals surface area contributed by atoms with Crippen LogP contribution in [0.15, 0.2) is 0 Å². The van der Waals surface area contributed by atoms with Gasteiger partial charge in [0.05, 0.1) is 6.54 Å². The van der Waals surface area contributed by atoms with Crippen molar-refractivity contribution in [3.8, 4) is 0 Å². The summed E-state index contributed by atoms with van der Waals surface area (Å²) in [6.45, 7) is 11.5. The molecule has 0 spiro atoms. The molecule has 22 heavy (non-hydrogen) atoms. The third-order valence-corrected chi connectivity index (χ3v) is 5.89. The molecule has 0 aromatic rings. The van der Waals surface area contributed by atoms with Crippen molar-refractivity contribution in [2.24, 2.45) is 5.92 Å². The normalized spacial score (nSPS) is 27.8. The van der Waals surface area contributed by atoms with Gasteiger partial charge in [0.1, 0.15) is 0 Å². The van der Waals surface area contributed by atoms with Gasteiger partial charge in [-0.15, -0.1) is 0 Å². The van der Waals surface area contributed by atoms with E-state index in [1.807, 2.05) is 11.9 Å². The van der Waals surface area contributed by atoms with E-state index >= 15 is 0 Å². The van der Waals surface area contributed by atoms with Crippen molar-refractivity contribution in [2.45, 2.75) is 32.2 Å². The lowest BCUT2D eigenvalue weighted by Gasteiger charge is -2.36. The Hall–Kier alpha value is -0.650. The number of hydrogen-bond donors (Lipinski definition) is 0. The largest absolute Gasteiger partial charge is 0.344 e. The zero-order valence-corrected chi connectivity index (χ0v) is 15.1. The van der Waals surface area contributed by atoms with Crippen molar-refractivity contribution in [2.75, 3.05) is 67.0 Å². The minimum absolute atomic E-state index is 0.194. The summed E-state index contributed by atoms with van der Waals surface area (Å²) in [6.07, 6.45) is 2.35. The zero-order chi connectivity index (χ0) is 16.3. The number of nitrogens with zero attached hydrogens (tertiary/aromatic N) is 4. The highest BCUT2D eigenvalue weighted by Gasteiger charge is 2.39. The molecule has 5 nitrogen and oxygen atoms in total. The number of rotatable bonds is 4. The quantitative estimate of drug-likeness (QED) is 0.769. The van der Waals surface area contributed by atoms with E-state index in [1.165, 1.54) is 6.42 Å². The van der Waals surface area contributed by atoms with Crippen LogP contribution in [0.4, 0.5) is 0 Å². The van der Waals surface area contributed by atoms with Gasteiger partial charge < -0.3 is 14.7 Å². The fourth-order valence-corrected chi connectivity index (χ4v) is 3.62. The van der Waals surface area contributed by atoms with Crippen LogP contribution in [0.25, 0.3) is 0 Å². The summed E-state index contributed by atoms with van der Waals surface area (Å²) in [5.74, 6) is 0.844. The molecular formula is C17H34N4O. The Labute approximate surface area is 136 Å². The molecule has 0 aliphatic carbocycles. The van der Waals surface area contributed by atoms with E-state index < -0.39 is 0 Å². The van der Waals surface area contributed by atoms with Gasteiger partial charge in [0.2, 0.25) is 5.91 Å². The van der Waals surface area contributed by atoms with Gasteiger partial charge in [-0.2, -0.15) is 0 Å². The van der Waals surface area contributed by atoms with E-state index in [2.05, 4.69) is 42.6 Å². The van der Waals surface area contributed by atoms with Crippen LogP contribution in [-0.2, 0) is 4.79 Å². The predicted molar refractivity (Wildman–Crippen MR) is 91.0 cm³/mol. The predicted octanol–water partition coefficient (Wildman–Crippen LogP) is 0.813. The minimum Gasteiger partial charge on any atom is -0.344 e. The third-order valence-electron chi connectivity index (χ3n) is 5.89. The zero-order valence-electron chi connectivity index (χ0n) is 15.1. The first-order valence-electron chi connectivity index (χ1n) is 8.67. The molecule has 1 amide bonds. The number of amides is 1. The van der Waals surface area contributed by atoms with Crippen molar-refractivity contribution in [3.63, 3.8) is 0 Å². The van der Waals surface area contributed by atoms with E-state index in [0.29, 0.717) is 12.5 Å². The molecule has 2 fully saturated rings. The SMILES string of the molecule is CN1CCCN(CC(=O)N(C)C[C@H]2CCN(C)C2(C)C)CC1. The lowest BCUT2D eigenvalue weighted by Crippen LogP contribution is -2.46. The summed E-state index contributed by atoms with van der Waals surface area (Å²) in [4.78, 5) is 21.6. The Morgan fingerprint density at radius 1 is 1.14 bits per heavy atom. The Balaban J connectivity index is 1.82. The molecular weight excluding hydrogens is 276 g/mol. The number of likely N-dealkylation sites (tertiary alicyclic amines) is 1. The van der Waals surface area contributed by atoms with Crippen molar-refractivity contribution < 1.29 is 4.79 Å². The topological polar surface area (TPSA) is 30.0 Å². The summed E-state index contributed by atoms with van der Waals surface area (Å²) in [5.41, 5.74) is 0.194. The number of likely N-dealkylation sites (N-methyl/N-ethyl adjacent to an activating group) is 2. The number of carbonyl (C=O) groups is 1. The lowest BCUT2D eigenvalue weighted by atomic mass is 9.88. The average molecular weight is 310 g/mol. The molecule has 0 N–H and O–H groups in total. The second-order valence-corrected chi connectivity index (χ2v) is 7.77. The Morgan fingerprint density at radius 2 is 1.86 bits per heavy atom. The first-order valence-corrected chi connectivity index (χ1v) is 8.67. The van der Waals surface area contributed by atoms with Crippen LogP contribution in [0, 0.1) is 5.92 Å². The van der Waals surface area contributed by atoms with E-state index in [4.69, 9.17) is 0 Å². The van der Waals surface area contributed by atoms with E-state index in [-0.39, 0.29) is 11.4 Å². The summed E-state index contributed by atoms with van der Waals surface area (Å²) < 4.78 is 0. The summed E-state index contributed by atoms with van der Waals surface area (Å²) in [7, 11) is 6.33.